The molecule has 0 spiro atoms. The van der Waals surface area contributed by atoms with Gasteiger partial charge in [0.2, 0.25) is 0 Å². The molecule has 1 saturated carbocycles. The number of rotatable bonds is 4. The highest BCUT2D eigenvalue weighted by Gasteiger charge is 2.43. The van der Waals surface area contributed by atoms with E-state index in [0.717, 1.165) is 18.4 Å². The van der Waals surface area contributed by atoms with Crippen LogP contribution in [0.1, 0.15) is 54.4 Å². The molecule has 1 aliphatic heterocycles. The lowest BCUT2D eigenvalue weighted by Crippen LogP contribution is -2.53. The molecular formula is C20H35NO4Si. The van der Waals surface area contributed by atoms with Gasteiger partial charge in [-0.25, -0.2) is 4.79 Å². The summed E-state index contributed by atoms with van der Waals surface area (Å²) >= 11 is 0. The Labute approximate surface area is 159 Å². The fourth-order valence-corrected chi connectivity index (χ4v) is 3.80. The van der Waals surface area contributed by atoms with Crippen molar-refractivity contribution in [3.05, 3.63) is 11.6 Å². The van der Waals surface area contributed by atoms with Crippen molar-refractivity contribution in [3.8, 4) is 0 Å². The molecule has 148 valence electrons. The fraction of sp³-hybridized carbons (Fsp3) is 0.800. The first kappa shape index (κ1) is 21.2. The zero-order valence-electron chi connectivity index (χ0n) is 17.6. The molecule has 1 heterocycles. The van der Waals surface area contributed by atoms with E-state index >= 15 is 0 Å². The van der Waals surface area contributed by atoms with Crippen LogP contribution in [-0.4, -0.2) is 49.9 Å². The molecule has 0 aromatic carbocycles. The van der Waals surface area contributed by atoms with Gasteiger partial charge in [0.05, 0.1) is 19.2 Å². The molecular weight excluding hydrogens is 346 g/mol. The Hall–Kier alpha value is -1.14. The van der Waals surface area contributed by atoms with Gasteiger partial charge in [-0.1, -0.05) is 20.8 Å². The Balaban J connectivity index is 2.23. The van der Waals surface area contributed by atoms with E-state index in [2.05, 4.69) is 33.9 Å². The van der Waals surface area contributed by atoms with E-state index in [-0.39, 0.29) is 23.4 Å². The number of carbonyl (C=O) groups is 2. The smallest absolute Gasteiger partial charge is 0.411 e. The van der Waals surface area contributed by atoms with Gasteiger partial charge in [0.1, 0.15) is 5.60 Å². The Morgan fingerprint density at radius 2 is 1.77 bits per heavy atom. The van der Waals surface area contributed by atoms with Crippen molar-refractivity contribution in [3.63, 3.8) is 0 Å². The minimum absolute atomic E-state index is 0.0265. The Bertz CT molecular complexity index is 594. The molecule has 1 amide bonds. The number of ether oxygens (including phenoxy) is 1. The predicted molar refractivity (Wildman–Crippen MR) is 106 cm³/mol. The zero-order valence-corrected chi connectivity index (χ0v) is 18.6. The van der Waals surface area contributed by atoms with Gasteiger partial charge in [0.25, 0.3) is 0 Å². The monoisotopic (exact) mass is 381 g/mol. The van der Waals surface area contributed by atoms with Crippen LogP contribution in [0.4, 0.5) is 4.79 Å². The van der Waals surface area contributed by atoms with Gasteiger partial charge in [0.15, 0.2) is 14.1 Å². The Morgan fingerprint density at radius 1 is 1.19 bits per heavy atom. The highest BCUT2D eigenvalue weighted by Crippen LogP contribution is 2.42. The molecule has 0 saturated heterocycles. The normalized spacial score (nSPS) is 22.3. The van der Waals surface area contributed by atoms with Crippen LogP contribution >= 0.6 is 0 Å². The van der Waals surface area contributed by atoms with E-state index in [4.69, 9.17) is 9.16 Å². The van der Waals surface area contributed by atoms with Crippen LogP contribution in [0.25, 0.3) is 0 Å². The highest BCUT2D eigenvalue weighted by molar-refractivity contribution is 6.74. The summed E-state index contributed by atoms with van der Waals surface area (Å²) in [5.41, 5.74) is 0.456. The molecule has 5 nitrogen and oxygen atoms in total. The van der Waals surface area contributed by atoms with Crippen LogP contribution in [-0.2, 0) is 14.0 Å². The summed E-state index contributed by atoms with van der Waals surface area (Å²) in [6, 6.07) is -0.204. The molecule has 0 unspecified atom stereocenters. The quantitative estimate of drug-likeness (QED) is 0.671. The third kappa shape index (κ3) is 5.19. The summed E-state index contributed by atoms with van der Waals surface area (Å²) in [5.74, 6) is 0.374. The molecule has 0 aromatic heterocycles. The lowest BCUT2D eigenvalue weighted by molar-refractivity contribution is -0.117. The van der Waals surface area contributed by atoms with Crippen LogP contribution in [0.2, 0.25) is 18.1 Å². The van der Waals surface area contributed by atoms with Crippen LogP contribution in [0, 0.1) is 5.92 Å². The Kier molecular flexibility index (Phi) is 5.79. The fourth-order valence-electron chi connectivity index (χ4n) is 2.79. The van der Waals surface area contributed by atoms with Crippen molar-refractivity contribution in [2.75, 3.05) is 13.2 Å². The van der Waals surface area contributed by atoms with Gasteiger partial charge in [-0.3, -0.25) is 9.69 Å². The molecule has 1 aliphatic carbocycles. The first-order valence-corrected chi connectivity index (χ1v) is 12.5. The van der Waals surface area contributed by atoms with Gasteiger partial charge >= 0.3 is 6.09 Å². The van der Waals surface area contributed by atoms with E-state index < -0.39 is 20.0 Å². The molecule has 26 heavy (non-hydrogen) atoms. The van der Waals surface area contributed by atoms with Gasteiger partial charge in [-0.2, -0.15) is 0 Å². The molecule has 2 rings (SSSR count). The molecule has 2 aliphatic rings. The molecule has 0 aromatic rings. The lowest BCUT2D eigenvalue weighted by atomic mass is 9.96. The van der Waals surface area contributed by atoms with Crippen molar-refractivity contribution >= 4 is 20.2 Å². The third-order valence-corrected chi connectivity index (χ3v) is 10.0. The predicted octanol–water partition coefficient (Wildman–Crippen LogP) is 4.53. The maximum Gasteiger partial charge on any atom is 0.411 e. The maximum absolute atomic E-state index is 12.8. The third-order valence-electron chi connectivity index (χ3n) is 5.50. The minimum Gasteiger partial charge on any atom is -0.444 e. The second-order valence-electron chi connectivity index (χ2n) is 10.1. The van der Waals surface area contributed by atoms with E-state index in [0.29, 0.717) is 12.5 Å². The maximum atomic E-state index is 12.8. The topological polar surface area (TPSA) is 55.8 Å². The van der Waals surface area contributed by atoms with Gasteiger partial charge < -0.3 is 9.16 Å². The first-order valence-electron chi connectivity index (χ1n) is 9.59. The summed E-state index contributed by atoms with van der Waals surface area (Å²) in [7, 11) is -1.95. The molecule has 0 N–H and O–H groups in total. The summed E-state index contributed by atoms with van der Waals surface area (Å²) in [6.45, 7) is 17.0. The highest BCUT2D eigenvalue weighted by atomic mass is 28.4. The van der Waals surface area contributed by atoms with Crippen LogP contribution < -0.4 is 0 Å². The van der Waals surface area contributed by atoms with Crippen molar-refractivity contribution in [2.24, 2.45) is 5.92 Å². The van der Waals surface area contributed by atoms with E-state index in [1.807, 2.05) is 20.8 Å². The average molecular weight is 382 g/mol. The number of hydrogen-bond acceptors (Lipinski definition) is 4. The van der Waals surface area contributed by atoms with Crippen molar-refractivity contribution in [1.29, 1.82) is 0 Å². The van der Waals surface area contributed by atoms with Crippen LogP contribution in [0.15, 0.2) is 11.6 Å². The number of ketones is 1. The van der Waals surface area contributed by atoms with E-state index in [1.54, 1.807) is 11.0 Å². The van der Waals surface area contributed by atoms with Crippen molar-refractivity contribution < 1.29 is 18.8 Å². The summed E-state index contributed by atoms with van der Waals surface area (Å²) in [5, 5.41) is 0.0949. The van der Waals surface area contributed by atoms with Gasteiger partial charge in [-0.15, -0.1) is 0 Å². The lowest BCUT2D eigenvalue weighted by Gasteiger charge is -2.41. The van der Waals surface area contributed by atoms with Crippen LogP contribution in [0.5, 0.6) is 0 Å². The van der Waals surface area contributed by atoms with E-state index in [9.17, 15) is 9.59 Å². The molecule has 1 atom stereocenters. The summed E-state index contributed by atoms with van der Waals surface area (Å²) < 4.78 is 12.0. The molecule has 1 fully saturated rings. The number of carbonyl (C=O) groups excluding carboxylic acids is 2. The van der Waals surface area contributed by atoms with Crippen molar-refractivity contribution in [1.82, 2.24) is 4.90 Å². The molecule has 6 heteroatoms. The summed E-state index contributed by atoms with van der Waals surface area (Å²) in [6.07, 6.45) is 3.48. The first-order chi connectivity index (χ1) is 11.7. The largest absolute Gasteiger partial charge is 0.444 e. The van der Waals surface area contributed by atoms with Crippen LogP contribution in [0.3, 0.4) is 0 Å². The second-order valence-corrected chi connectivity index (χ2v) is 14.9. The second kappa shape index (κ2) is 7.11. The molecule has 0 bridgehead atoms. The standard InChI is InChI=1S/C20H35NO4Si/c1-19(2,3)25-18(23)21-12-15(22)11-16(14-9-10-14)17(21)13-24-26(7,8)20(4,5)6/h11,14,17H,9-10,12-13H2,1-8H3/t17-/m1/s1. The van der Waals surface area contributed by atoms with E-state index in [1.165, 1.54) is 0 Å². The zero-order chi connectivity index (χ0) is 19.9. The SMILES string of the molecule is CC(C)(C)OC(=O)N1CC(=O)C=C(C2CC2)[C@H]1CO[Si](C)(C)C(C)(C)C. The minimum atomic E-state index is -1.95. The van der Waals surface area contributed by atoms with Gasteiger partial charge in [-0.05, 0) is 69.3 Å². The average Bonchev–Trinajstić information content (AvgIpc) is 3.26. The molecule has 0 radical (unpaired) electrons. The number of amides is 1. The summed E-state index contributed by atoms with van der Waals surface area (Å²) in [4.78, 5) is 26.6. The van der Waals surface area contributed by atoms with Crippen molar-refractivity contribution in [2.45, 2.75) is 84.2 Å². The Morgan fingerprint density at radius 3 is 2.23 bits per heavy atom. The number of nitrogens with zero attached hydrogens (tertiary/aromatic N) is 1. The van der Waals surface area contributed by atoms with Gasteiger partial charge in [0, 0.05) is 0 Å². The number of hydrogen-bond donors (Lipinski definition) is 0.